The number of ether oxygens (including phenoxy) is 1. The zero-order chi connectivity index (χ0) is 24.3. The number of aromatic nitrogens is 3. The summed E-state index contributed by atoms with van der Waals surface area (Å²) in [5.74, 6) is -2.06. The van der Waals surface area contributed by atoms with Crippen molar-refractivity contribution in [2.24, 2.45) is 18.5 Å². The lowest BCUT2D eigenvalue weighted by molar-refractivity contribution is 0.100. The number of amides is 1. The predicted molar refractivity (Wildman–Crippen MR) is 124 cm³/mol. The van der Waals surface area contributed by atoms with E-state index in [1.165, 1.54) is 17.9 Å². The molecule has 9 nitrogen and oxygen atoms in total. The van der Waals surface area contributed by atoms with Gasteiger partial charge in [-0.2, -0.15) is 0 Å². The van der Waals surface area contributed by atoms with Gasteiger partial charge >= 0.3 is 0 Å². The van der Waals surface area contributed by atoms with Crippen molar-refractivity contribution in [2.75, 3.05) is 17.7 Å². The monoisotopic (exact) mass is 461 g/mol. The number of methoxy groups -OCH3 is 1. The molecule has 1 amide bonds. The molecule has 2 aromatic heterocycles. The first-order valence-electron chi connectivity index (χ1n) is 10.7. The Balaban J connectivity index is 2.03. The Morgan fingerprint density at radius 2 is 1.97 bits per heavy atom. The number of hydrogen-bond acceptors (Lipinski definition) is 7. The lowest BCUT2D eigenvalue weighted by Gasteiger charge is -2.23. The Hall–Kier alpha value is -3.47. The second-order valence-corrected chi connectivity index (χ2v) is 7.94. The third-order valence-electron chi connectivity index (χ3n) is 5.38. The highest BCUT2D eigenvalue weighted by molar-refractivity contribution is 5.99. The molecule has 33 heavy (non-hydrogen) atoms. The van der Waals surface area contributed by atoms with Crippen molar-refractivity contribution in [3.63, 3.8) is 0 Å². The zero-order valence-corrected chi connectivity index (χ0v) is 19.1. The molecule has 2 atom stereocenters. The summed E-state index contributed by atoms with van der Waals surface area (Å²) in [6, 6.07) is 3.32. The molecule has 2 heterocycles. The van der Waals surface area contributed by atoms with Crippen molar-refractivity contribution in [2.45, 2.75) is 45.2 Å². The van der Waals surface area contributed by atoms with Crippen molar-refractivity contribution in [1.29, 1.82) is 0 Å². The number of unbranched alkanes of at least 4 members (excludes halogenated alkanes) is 1. The van der Waals surface area contributed by atoms with E-state index in [-0.39, 0.29) is 46.4 Å². The Morgan fingerprint density at radius 1 is 1.24 bits per heavy atom. The number of nitrogens with one attached hydrogen (secondary N) is 2. The minimum absolute atomic E-state index is 0.0214. The van der Waals surface area contributed by atoms with Crippen LogP contribution >= 0.6 is 0 Å². The van der Waals surface area contributed by atoms with Gasteiger partial charge < -0.3 is 26.8 Å². The van der Waals surface area contributed by atoms with Crippen LogP contribution < -0.4 is 26.8 Å². The summed E-state index contributed by atoms with van der Waals surface area (Å²) in [5, 5.41) is 10.4. The normalized spacial score (nSPS) is 13.1. The van der Waals surface area contributed by atoms with Crippen LogP contribution in [0.5, 0.6) is 5.88 Å². The number of pyridine rings is 1. The predicted octanol–water partition coefficient (Wildman–Crippen LogP) is 3.42. The molecule has 11 heteroatoms. The van der Waals surface area contributed by atoms with Gasteiger partial charge in [-0.1, -0.05) is 19.8 Å². The van der Waals surface area contributed by atoms with Crippen molar-refractivity contribution in [1.82, 2.24) is 14.8 Å². The van der Waals surface area contributed by atoms with Gasteiger partial charge in [0.05, 0.1) is 18.1 Å². The first-order valence-corrected chi connectivity index (χ1v) is 10.7. The Kier molecular flexibility index (Phi) is 7.32. The van der Waals surface area contributed by atoms with Crippen LogP contribution in [0.1, 0.15) is 43.5 Å². The summed E-state index contributed by atoms with van der Waals surface area (Å²) in [6.07, 6.45) is 2.58. The Labute approximate surface area is 190 Å². The molecule has 0 saturated carbocycles. The van der Waals surface area contributed by atoms with E-state index in [0.717, 1.165) is 25.3 Å². The summed E-state index contributed by atoms with van der Waals surface area (Å²) in [6.45, 7) is 3.87. The quantitative estimate of drug-likeness (QED) is 0.364. The maximum absolute atomic E-state index is 14.8. The van der Waals surface area contributed by atoms with E-state index in [4.69, 9.17) is 16.2 Å². The van der Waals surface area contributed by atoms with Gasteiger partial charge in [0.15, 0.2) is 17.5 Å². The molecule has 178 valence electrons. The van der Waals surface area contributed by atoms with Crippen molar-refractivity contribution in [3.8, 4) is 5.88 Å². The second kappa shape index (κ2) is 9.99. The van der Waals surface area contributed by atoms with Crippen LogP contribution in [-0.2, 0) is 7.05 Å². The molecule has 0 bridgehead atoms. The topological polar surface area (TPSA) is 133 Å². The molecular formula is C22H29F2N7O2. The summed E-state index contributed by atoms with van der Waals surface area (Å²) >= 11 is 0. The summed E-state index contributed by atoms with van der Waals surface area (Å²) in [5.41, 5.74) is 11.8. The molecule has 0 aliphatic heterocycles. The molecule has 3 aromatic rings. The fraction of sp³-hybridized carbons (Fsp3) is 0.409. The largest absolute Gasteiger partial charge is 0.479 e. The number of aryl methyl sites for hydroxylation is 1. The van der Waals surface area contributed by atoms with Crippen molar-refractivity contribution in [3.05, 3.63) is 35.4 Å². The number of hydrogen-bond donors (Lipinski definition) is 4. The van der Waals surface area contributed by atoms with Crippen LogP contribution in [-0.4, -0.2) is 39.9 Å². The number of carbonyl (C=O) groups excluding carboxylic acids is 1. The zero-order valence-electron chi connectivity index (χ0n) is 19.1. The number of carbonyl (C=O) groups is 1. The van der Waals surface area contributed by atoms with Crippen molar-refractivity contribution >= 4 is 34.1 Å². The van der Waals surface area contributed by atoms with Gasteiger partial charge in [-0.25, -0.2) is 13.8 Å². The Bertz CT molecular complexity index is 1160. The van der Waals surface area contributed by atoms with Crippen LogP contribution in [0.4, 0.5) is 26.1 Å². The number of nitrogens with two attached hydrogens (primary N) is 2. The fourth-order valence-electron chi connectivity index (χ4n) is 3.63. The minimum Gasteiger partial charge on any atom is -0.479 e. The van der Waals surface area contributed by atoms with E-state index >= 15 is 0 Å². The maximum Gasteiger partial charge on any atom is 0.252 e. The van der Waals surface area contributed by atoms with E-state index in [9.17, 15) is 13.6 Å². The molecule has 0 spiro atoms. The standard InChI is InChI=1S/C22H29F2N7O2/c1-5-6-7-17(11(2)25)28-21-16(24)10-14(19(26)32)20(29-21)27-12-8-13-18(15(23)9-12)31(3)30-22(13)33-4/h8-11,17H,5-7,25H2,1-4H3,(H2,26,32)(H2,27,28,29)/t11-,17+/m0/s1. The maximum atomic E-state index is 14.8. The van der Waals surface area contributed by atoms with E-state index in [0.29, 0.717) is 5.39 Å². The Morgan fingerprint density at radius 3 is 2.58 bits per heavy atom. The molecule has 0 aliphatic rings. The van der Waals surface area contributed by atoms with E-state index < -0.39 is 17.5 Å². The highest BCUT2D eigenvalue weighted by Gasteiger charge is 2.21. The van der Waals surface area contributed by atoms with Gasteiger partial charge in [0.2, 0.25) is 5.88 Å². The minimum atomic E-state index is -0.884. The lowest BCUT2D eigenvalue weighted by Crippen LogP contribution is -2.38. The van der Waals surface area contributed by atoms with Gasteiger partial charge in [-0.15, -0.1) is 5.10 Å². The van der Waals surface area contributed by atoms with Gasteiger partial charge in [0.25, 0.3) is 5.91 Å². The van der Waals surface area contributed by atoms with Crippen LogP contribution in [0, 0.1) is 11.6 Å². The van der Waals surface area contributed by atoms with Gasteiger partial charge in [-0.05, 0) is 31.5 Å². The SMILES string of the molecule is CCCC[C@@H](Nc1nc(Nc2cc(F)c3c(c2)c(OC)nn3C)c(C(N)=O)cc1F)[C@H](C)N. The number of fused-ring (bicyclic) bond motifs is 1. The molecule has 6 N–H and O–H groups in total. The molecule has 0 radical (unpaired) electrons. The molecule has 3 rings (SSSR count). The number of primary amides is 1. The van der Waals surface area contributed by atoms with E-state index in [1.54, 1.807) is 13.1 Å². The molecule has 0 aliphatic carbocycles. The molecule has 0 saturated heterocycles. The number of halogens is 2. The molecule has 1 aromatic carbocycles. The smallest absolute Gasteiger partial charge is 0.252 e. The number of anilines is 3. The average molecular weight is 462 g/mol. The van der Waals surface area contributed by atoms with Gasteiger partial charge in [0.1, 0.15) is 11.3 Å². The number of benzene rings is 1. The highest BCUT2D eigenvalue weighted by Crippen LogP contribution is 2.32. The average Bonchev–Trinajstić information content (AvgIpc) is 3.08. The van der Waals surface area contributed by atoms with E-state index in [2.05, 4.69) is 20.7 Å². The van der Waals surface area contributed by atoms with Crippen molar-refractivity contribution < 1.29 is 18.3 Å². The highest BCUT2D eigenvalue weighted by atomic mass is 19.1. The molecular weight excluding hydrogens is 432 g/mol. The van der Waals surface area contributed by atoms with Gasteiger partial charge in [0, 0.05) is 24.8 Å². The molecule has 0 unspecified atom stereocenters. The fourth-order valence-corrected chi connectivity index (χ4v) is 3.63. The molecule has 0 fully saturated rings. The first kappa shape index (κ1) is 24.2. The second-order valence-electron chi connectivity index (χ2n) is 7.94. The number of rotatable bonds is 10. The third kappa shape index (κ3) is 5.14. The lowest BCUT2D eigenvalue weighted by atomic mass is 10.0. The van der Waals surface area contributed by atoms with Crippen LogP contribution in [0.3, 0.4) is 0 Å². The summed E-state index contributed by atoms with van der Waals surface area (Å²) < 4.78 is 36.1. The van der Waals surface area contributed by atoms with Gasteiger partial charge in [-0.3, -0.25) is 9.48 Å². The van der Waals surface area contributed by atoms with E-state index in [1.807, 2.05) is 13.8 Å². The van der Waals surface area contributed by atoms with Crippen LogP contribution in [0.2, 0.25) is 0 Å². The first-order chi connectivity index (χ1) is 15.7. The third-order valence-corrected chi connectivity index (χ3v) is 5.38. The van der Waals surface area contributed by atoms with Crippen LogP contribution in [0.25, 0.3) is 10.9 Å². The van der Waals surface area contributed by atoms with Crippen LogP contribution in [0.15, 0.2) is 18.2 Å². The number of nitrogens with zero attached hydrogens (tertiary/aromatic N) is 3. The summed E-state index contributed by atoms with van der Waals surface area (Å²) in [4.78, 5) is 16.2. The summed E-state index contributed by atoms with van der Waals surface area (Å²) in [7, 11) is 3.02.